The monoisotopic (exact) mass is 159 g/mol. The van der Waals surface area contributed by atoms with Crippen LogP contribution in [0.25, 0.3) is 0 Å². The summed E-state index contributed by atoms with van der Waals surface area (Å²) in [5, 5.41) is 0.796. The SMILES string of the molecule is CC[CH]SC(C)C(C)CC. The Morgan fingerprint density at radius 3 is 2.30 bits per heavy atom. The van der Waals surface area contributed by atoms with E-state index in [2.05, 4.69) is 33.4 Å². The maximum Gasteiger partial charge on any atom is 0.0166 e. The Bertz CT molecular complexity index is 71.1. The second-order valence-corrected chi connectivity index (χ2v) is 4.15. The average molecular weight is 159 g/mol. The molecule has 1 radical (unpaired) electrons. The van der Waals surface area contributed by atoms with E-state index in [-0.39, 0.29) is 0 Å². The van der Waals surface area contributed by atoms with Gasteiger partial charge in [0, 0.05) is 11.0 Å². The van der Waals surface area contributed by atoms with Crippen LogP contribution in [0.1, 0.15) is 40.5 Å². The third-order valence-electron chi connectivity index (χ3n) is 1.92. The number of thioether (sulfide) groups is 1. The molecule has 10 heavy (non-hydrogen) atoms. The molecule has 0 saturated heterocycles. The van der Waals surface area contributed by atoms with Gasteiger partial charge in [-0.3, -0.25) is 0 Å². The van der Waals surface area contributed by atoms with Gasteiger partial charge in [0.15, 0.2) is 0 Å². The highest BCUT2D eigenvalue weighted by Crippen LogP contribution is 2.24. The largest absolute Gasteiger partial charge is 0.154 e. The van der Waals surface area contributed by atoms with Crippen LogP contribution in [-0.4, -0.2) is 5.25 Å². The van der Waals surface area contributed by atoms with Crippen LogP contribution in [0.2, 0.25) is 0 Å². The zero-order chi connectivity index (χ0) is 7.98. The van der Waals surface area contributed by atoms with Gasteiger partial charge < -0.3 is 0 Å². The highest BCUT2D eigenvalue weighted by Gasteiger charge is 2.08. The fourth-order valence-corrected chi connectivity index (χ4v) is 1.67. The van der Waals surface area contributed by atoms with Crippen molar-refractivity contribution >= 4 is 11.8 Å². The van der Waals surface area contributed by atoms with Gasteiger partial charge in [0.05, 0.1) is 0 Å². The van der Waals surface area contributed by atoms with Crippen LogP contribution in [0.5, 0.6) is 0 Å². The molecule has 0 spiro atoms. The fraction of sp³-hybridized carbons (Fsp3) is 0.889. The molecule has 2 atom stereocenters. The molecule has 1 heteroatoms. The van der Waals surface area contributed by atoms with Gasteiger partial charge in [0.2, 0.25) is 0 Å². The molecule has 0 amide bonds. The van der Waals surface area contributed by atoms with Crippen molar-refractivity contribution < 1.29 is 0 Å². The van der Waals surface area contributed by atoms with Crippen molar-refractivity contribution in [3.63, 3.8) is 0 Å². The summed E-state index contributed by atoms with van der Waals surface area (Å²) in [7, 11) is 0. The van der Waals surface area contributed by atoms with Crippen molar-refractivity contribution in [2.45, 2.75) is 45.8 Å². The maximum absolute atomic E-state index is 2.32. The summed E-state index contributed by atoms with van der Waals surface area (Å²) in [5.41, 5.74) is 0. The van der Waals surface area contributed by atoms with Crippen LogP contribution >= 0.6 is 11.8 Å². The van der Waals surface area contributed by atoms with E-state index in [1.807, 2.05) is 11.8 Å². The minimum Gasteiger partial charge on any atom is -0.154 e. The molecule has 0 heterocycles. The molecule has 0 aromatic heterocycles. The molecule has 0 aromatic rings. The van der Waals surface area contributed by atoms with Crippen LogP contribution in [0.4, 0.5) is 0 Å². The lowest BCUT2D eigenvalue weighted by molar-refractivity contribution is 0.558. The van der Waals surface area contributed by atoms with Crippen LogP contribution < -0.4 is 0 Å². The highest BCUT2D eigenvalue weighted by molar-refractivity contribution is 8.01. The summed E-state index contributed by atoms with van der Waals surface area (Å²) in [6.45, 7) is 9.08. The predicted molar refractivity (Wildman–Crippen MR) is 51.1 cm³/mol. The van der Waals surface area contributed by atoms with Crippen molar-refractivity contribution in [2.75, 3.05) is 0 Å². The van der Waals surface area contributed by atoms with Crippen LogP contribution in [0, 0.1) is 11.7 Å². The summed E-state index contributed by atoms with van der Waals surface area (Å²) >= 11 is 1.98. The first-order valence-electron chi connectivity index (χ1n) is 4.19. The van der Waals surface area contributed by atoms with E-state index in [4.69, 9.17) is 0 Å². The second-order valence-electron chi connectivity index (χ2n) is 2.80. The van der Waals surface area contributed by atoms with Gasteiger partial charge in [-0.1, -0.05) is 34.1 Å². The van der Waals surface area contributed by atoms with Crippen molar-refractivity contribution in [1.82, 2.24) is 0 Å². The van der Waals surface area contributed by atoms with Crippen LogP contribution in [-0.2, 0) is 0 Å². The molecule has 0 aliphatic carbocycles. The van der Waals surface area contributed by atoms with E-state index in [0.29, 0.717) is 0 Å². The van der Waals surface area contributed by atoms with E-state index in [9.17, 15) is 0 Å². The molecule has 0 N–H and O–H groups in total. The Balaban J connectivity index is 3.31. The smallest absolute Gasteiger partial charge is 0.0166 e. The molecule has 0 aliphatic heterocycles. The summed E-state index contributed by atoms with van der Waals surface area (Å²) in [6.07, 6.45) is 2.48. The molecular formula is C9H19S. The van der Waals surface area contributed by atoms with E-state index in [1.165, 1.54) is 12.8 Å². The van der Waals surface area contributed by atoms with Gasteiger partial charge in [-0.2, -0.15) is 11.8 Å². The molecule has 0 aliphatic rings. The van der Waals surface area contributed by atoms with Crippen molar-refractivity contribution in [2.24, 2.45) is 5.92 Å². The lowest BCUT2D eigenvalue weighted by Gasteiger charge is -2.16. The molecule has 2 unspecified atom stereocenters. The second kappa shape index (κ2) is 6.09. The molecule has 0 saturated carbocycles. The lowest BCUT2D eigenvalue weighted by Crippen LogP contribution is -2.07. The van der Waals surface area contributed by atoms with Crippen molar-refractivity contribution in [1.29, 1.82) is 0 Å². The Kier molecular flexibility index (Phi) is 6.30. The topological polar surface area (TPSA) is 0 Å². The van der Waals surface area contributed by atoms with Crippen molar-refractivity contribution in [3.8, 4) is 0 Å². The number of hydrogen-bond donors (Lipinski definition) is 0. The standard InChI is InChI=1S/C9H19S/c1-5-7-10-9(4)8(3)6-2/h7-9H,5-6H2,1-4H3. The fourth-order valence-electron chi connectivity index (χ4n) is 0.714. The molecular weight excluding hydrogens is 140 g/mol. The summed E-state index contributed by atoms with van der Waals surface area (Å²) in [4.78, 5) is 0. The van der Waals surface area contributed by atoms with E-state index >= 15 is 0 Å². The van der Waals surface area contributed by atoms with Gasteiger partial charge in [-0.05, 0) is 12.3 Å². The van der Waals surface area contributed by atoms with E-state index in [0.717, 1.165) is 11.2 Å². The first-order chi connectivity index (χ1) is 4.72. The lowest BCUT2D eigenvalue weighted by atomic mass is 10.1. The van der Waals surface area contributed by atoms with E-state index < -0.39 is 0 Å². The normalized spacial score (nSPS) is 16.8. The van der Waals surface area contributed by atoms with Gasteiger partial charge in [0.1, 0.15) is 0 Å². The first-order valence-corrected chi connectivity index (χ1v) is 5.13. The minimum atomic E-state index is 0.796. The Labute approximate surface area is 69.8 Å². The first kappa shape index (κ1) is 10.3. The van der Waals surface area contributed by atoms with Gasteiger partial charge >= 0.3 is 0 Å². The Morgan fingerprint density at radius 2 is 1.90 bits per heavy atom. The van der Waals surface area contributed by atoms with Crippen LogP contribution in [0.3, 0.4) is 0 Å². The highest BCUT2D eigenvalue weighted by atomic mass is 32.2. The quantitative estimate of drug-likeness (QED) is 0.589. The summed E-state index contributed by atoms with van der Waals surface area (Å²) < 4.78 is 0. The maximum atomic E-state index is 2.32. The predicted octanol–water partition coefficient (Wildman–Crippen LogP) is 3.73. The molecule has 0 fully saturated rings. The number of hydrogen-bond acceptors (Lipinski definition) is 1. The van der Waals surface area contributed by atoms with Gasteiger partial charge in [0.25, 0.3) is 0 Å². The Hall–Kier alpha value is 0.350. The Morgan fingerprint density at radius 1 is 1.30 bits per heavy atom. The molecule has 0 aromatic carbocycles. The zero-order valence-corrected chi connectivity index (χ0v) is 8.37. The minimum absolute atomic E-state index is 0.796. The third-order valence-corrected chi connectivity index (χ3v) is 3.34. The van der Waals surface area contributed by atoms with Crippen LogP contribution in [0.15, 0.2) is 0 Å². The van der Waals surface area contributed by atoms with Crippen molar-refractivity contribution in [3.05, 3.63) is 5.75 Å². The average Bonchev–Trinajstić information content (AvgIpc) is 1.98. The molecule has 0 bridgehead atoms. The summed E-state index contributed by atoms with van der Waals surface area (Å²) in [6, 6.07) is 0. The van der Waals surface area contributed by atoms with E-state index in [1.54, 1.807) is 0 Å². The molecule has 0 nitrogen and oxygen atoms in total. The number of rotatable bonds is 5. The molecule has 0 rings (SSSR count). The summed E-state index contributed by atoms with van der Waals surface area (Å²) in [5.74, 6) is 3.16. The zero-order valence-electron chi connectivity index (χ0n) is 7.55. The molecule has 61 valence electrons. The van der Waals surface area contributed by atoms with Gasteiger partial charge in [-0.25, -0.2) is 0 Å². The third kappa shape index (κ3) is 4.21. The van der Waals surface area contributed by atoms with Gasteiger partial charge in [-0.15, -0.1) is 0 Å².